The molecule has 2 atom stereocenters. The molecule has 2 N–H and O–H groups in total. The Labute approximate surface area is 146 Å². The normalized spacial score (nSPS) is 20.5. The van der Waals surface area contributed by atoms with Crippen LogP contribution in [0.4, 0.5) is 0 Å². The summed E-state index contributed by atoms with van der Waals surface area (Å²) in [6.07, 6.45) is 2.74. The van der Waals surface area contributed by atoms with Crippen LogP contribution in [0.5, 0.6) is 0 Å². The number of carbonyl (C=O) groups excluding carboxylic acids is 1. The van der Waals surface area contributed by atoms with Crippen LogP contribution in [0.15, 0.2) is 30.3 Å². The first kappa shape index (κ1) is 19.9. The fourth-order valence-corrected chi connectivity index (χ4v) is 3.05. The van der Waals surface area contributed by atoms with Crippen molar-refractivity contribution in [1.29, 1.82) is 0 Å². The lowest BCUT2D eigenvalue weighted by atomic mass is 10.1. The van der Waals surface area contributed by atoms with Gasteiger partial charge in [-0.1, -0.05) is 43.7 Å². The number of nitrogens with zero attached hydrogens (tertiary/aromatic N) is 2. The number of rotatable bonds is 5. The fourth-order valence-electron chi connectivity index (χ4n) is 3.05. The first-order valence-electron chi connectivity index (χ1n) is 8.44. The van der Waals surface area contributed by atoms with Gasteiger partial charge in [-0.2, -0.15) is 0 Å². The second-order valence-electron chi connectivity index (χ2n) is 6.31. The molecule has 0 radical (unpaired) electrons. The Morgan fingerprint density at radius 1 is 1.26 bits per heavy atom. The topological polar surface area (TPSA) is 49.6 Å². The van der Waals surface area contributed by atoms with E-state index in [9.17, 15) is 4.79 Å². The average Bonchev–Trinajstić information content (AvgIpc) is 2.71. The van der Waals surface area contributed by atoms with Crippen molar-refractivity contribution in [1.82, 2.24) is 9.80 Å². The van der Waals surface area contributed by atoms with E-state index in [4.69, 9.17) is 5.73 Å². The molecule has 0 saturated carbocycles. The Kier molecular flexibility index (Phi) is 8.59. The highest BCUT2D eigenvalue weighted by atomic mass is 35.5. The molecule has 0 spiro atoms. The lowest BCUT2D eigenvalue weighted by Crippen LogP contribution is -2.45. The smallest absolute Gasteiger partial charge is 0.239 e. The molecule has 0 aromatic heterocycles. The van der Waals surface area contributed by atoms with Crippen molar-refractivity contribution in [2.75, 3.05) is 19.6 Å². The molecule has 23 heavy (non-hydrogen) atoms. The summed E-state index contributed by atoms with van der Waals surface area (Å²) in [5.41, 5.74) is 7.33. The number of hydrogen-bond donors (Lipinski definition) is 1. The van der Waals surface area contributed by atoms with E-state index < -0.39 is 0 Å². The molecule has 2 unspecified atom stereocenters. The minimum absolute atomic E-state index is 0. The van der Waals surface area contributed by atoms with E-state index in [1.165, 1.54) is 5.56 Å². The van der Waals surface area contributed by atoms with Gasteiger partial charge in [0.2, 0.25) is 5.91 Å². The molecule has 1 saturated heterocycles. The number of nitrogens with two attached hydrogens (primary N) is 1. The van der Waals surface area contributed by atoms with Crippen molar-refractivity contribution in [3.05, 3.63) is 35.9 Å². The van der Waals surface area contributed by atoms with E-state index in [1.54, 1.807) is 0 Å². The SMILES string of the molecule is CCCC(N)C(=O)N1CCC(C)N(Cc2ccccc2)CC1.Cl. The van der Waals surface area contributed by atoms with Crippen LogP contribution in [0.3, 0.4) is 0 Å². The van der Waals surface area contributed by atoms with Gasteiger partial charge in [-0.25, -0.2) is 0 Å². The summed E-state index contributed by atoms with van der Waals surface area (Å²) < 4.78 is 0. The Bertz CT molecular complexity index is 469. The summed E-state index contributed by atoms with van der Waals surface area (Å²) in [5, 5.41) is 0. The van der Waals surface area contributed by atoms with Crippen LogP contribution in [0, 0.1) is 0 Å². The fraction of sp³-hybridized carbons (Fsp3) is 0.611. The van der Waals surface area contributed by atoms with Gasteiger partial charge in [0.05, 0.1) is 6.04 Å². The third-order valence-corrected chi connectivity index (χ3v) is 4.55. The lowest BCUT2D eigenvalue weighted by Gasteiger charge is -2.26. The van der Waals surface area contributed by atoms with Gasteiger partial charge in [0.25, 0.3) is 0 Å². The van der Waals surface area contributed by atoms with E-state index >= 15 is 0 Å². The largest absolute Gasteiger partial charge is 0.340 e. The van der Waals surface area contributed by atoms with Gasteiger partial charge in [-0.05, 0) is 25.3 Å². The van der Waals surface area contributed by atoms with Gasteiger partial charge >= 0.3 is 0 Å². The molecule has 130 valence electrons. The molecule has 1 heterocycles. The summed E-state index contributed by atoms with van der Waals surface area (Å²) in [6, 6.07) is 10.7. The maximum absolute atomic E-state index is 12.4. The molecule has 1 aromatic carbocycles. The van der Waals surface area contributed by atoms with E-state index in [-0.39, 0.29) is 24.4 Å². The molecule has 0 bridgehead atoms. The molecule has 1 fully saturated rings. The zero-order valence-corrected chi connectivity index (χ0v) is 15.1. The molecular formula is C18H30ClN3O. The molecule has 1 aliphatic heterocycles. The Hall–Kier alpha value is -1.10. The molecule has 0 aliphatic carbocycles. The Morgan fingerprint density at radius 3 is 2.61 bits per heavy atom. The summed E-state index contributed by atoms with van der Waals surface area (Å²) in [5.74, 6) is 0.121. The van der Waals surface area contributed by atoms with Crippen molar-refractivity contribution in [2.45, 2.75) is 51.7 Å². The summed E-state index contributed by atoms with van der Waals surface area (Å²) in [6.45, 7) is 7.80. The van der Waals surface area contributed by atoms with Crippen LogP contribution < -0.4 is 5.73 Å². The third-order valence-electron chi connectivity index (χ3n) is 4.55. The minimum Gasteiger partial charge on any atom is -0.340 e. The van der Waals surface area contributed by atoms with Gasteiger partial charge in [0.1, 0.15) is 0 Å². The second kappa shape index (κ2) is 9.91. The van der Waals surface area contributed by atoms with Crippen LogP contribution >= 0.6 is 12.4 Å². The maximum atomic E-state index is 12.4. The van der Waals surface area contributed by atoms with E-state index in [1.807, 2.05) is 11.0 Å². The number of amides is 1. The van der Waals surface area contributed by atoms with Crippen molar-refractivity contribution in [2.24, 2.45) is 5.73 Å². The monoisotopic (exact) mass is 339 g/mol. The first-order chi connectivity index (χ1) is 10.6. The van der Waals surface area contributed by atoms with Gasteiger partial charge in [-0.3, -0.25) is 9.69 Å². The molecule has 1 aliphatic rings. The van der Waals surface area contributed by atoms with Crippen LogP contribution in [0.25, 0.3) is 0 Å². The standard InChI is InChI=1S/C18H29N3O.ClH/c1-3-7-17(19)18(22)20-11-10-15(2)21(13-12-20)14-16-8-5-4-6-9-16;/h4-6,8-9,15,17H,3,7,10-14,19H2,1-2H3;1H. The molecule has 1 aromatic rings. The highest BCUT2D eigenvalue weighted by Crippen LogP contribution is 2.15. The first-order valence-corrected chi connectivity index (χ1v) is 8.44. The van der Waals surface area contributed by atoms with Crippen molar-refractivity contribution >= 4 is 18.3 Å². The van der Waals surface area contributed by atoms with Crippen molar-refractivity contribution in [3.63, 3.8) is 0 Å². The Balaban J connectivity index is 0.00000264. The summed E-state index contributed by atoms with van der Waals surface area (Å²) in [4.78, 5) is 16.8. The number of hydrogen-bond acceptors (Lipinski definition) is 3. The zero-order valence-electron chi connectivity index (χ0n) is 14.3. The summed E-state index contributed by atoms with van der Waals surface area (Å²) >= 11 is 0. The van der Waals surface area contributed by atoms with E-state index in [0.29, 0.717) is 6.04 Å². The van der Waals surface area contributed by atoms with Crippen LogP contribution in [-0.2, 0) is 11.3 Å². The van der Waals surface area contributed by atoms with Gasteiger partial charge in [-0.15, -0.1) is 12.4 Å². The van der Waals surface area contributed by atoms with Gasteiger partial charge in [0.15, 0.2) is 0 Å². The highest BCUT2D eigenvalue weighted by molar-refractivity contribution is 5.85. The molecule has 5 heteroatoms. The van der Waals surface area contributed by atoms with Crippen molar-refractivity contribution < 1.29 is 4.79 Å². The zero-order chi connectivity index (χ0) is 15.9. The minimum atomic E-state index is -0.332. The number of carbonyl (C=O) groups is 1. The Morgan fingerprint density at radius 2 is 1.96 bits per heavy atom. The van der Waals surface area contributed by atoms with Crippen LogP contribution in [-0.4, -0.2) is 47.4 Å². The lowest BCUT2D eigenvalue weighted by molar-refractivity contribution is -0.132. The van der Waals surface area contributed by atoms with E-state index in [0.717, 1.165) is 45.4 Å². The molecule has 2 rings (SSSR count). The maximum Gasteiger partial charge on any atom is 0.239 e. The van der Waals surface area contributed by atoms with Gasteiger partial charge in [0, 0.05) is 32.2 Å². The third kappa shape index (κ3) is 5.79. The van der Waals surface area contributed by atoms with Crippen molar-refractivity contribution in [3.8, 4) is 0 Å². The summed E-state index contributed by atoms with van der Waals surface area (Å²) in [7, 11) is 0. The van der Waals surface area contributed by atoms with Crippen LogP contribution in [0.1, 0.15) is 38.7 Å². The number of halogens is 1. The predicted molar refractivity (Wildman–Crippen MR) is 97.6 cm³/mol. The quantitative estimate of drug-likeness (QED) is 0.897. The molecular weight excluding hydrogens is 310 g/mol. The average molecular weight is 340 g/mol. The predicted octanol–water partition coefficient (Wildman–Crippen LogP) is 2.66. The molecule has 4 nitrogen and oxygen atoms in total. The van der Waals surface area contributed by atoms with Crippen LogP contribution in [0.2, 0.25) is 0 Å². The van der Waals surface area contributed by atoms with Gasteiger partial charge < -0.3 is 10.6 Å². The molecule has 1 amide bonds. The number of benzene rings is 1. The second-order valence-corrected chi connectivity index (χ2v) is 6.31. The van der Waals surface area contributed by atoms with E-state index in [2.05, 4.69) is 43.0 Å². The highest BCUT2D eigenvalue weighted by Gasteiger charge is 2.26.